The molecule has 1 aromatic carbocycles. The van der Waals surface area contributed by atoms with Gasteiger partial charge in [0.25, 0.3) is 0 Å². The summed E-state index contributed by atoms with van der Waals surface area (Å²) in [4.78, 5) is 8.66. The van der Waals surface area contributed by atoms with E-state index in [1.807, 2.05) is 6.92 Å². The van der Waals surface area contributed by atoms with Crippen molar-refractivity contribution in [2.75, 3.05) is 13.1 Å². The molecule has 26 heavy (non-hydrogen) atoms. The number of aryl methyl sites for hydroxylation is 2. The van der Waals surface area contributed by atoms with Gasteiger partial charge < -0.3 is 5.11 Å². The molecule has 0 unspecified atom stereocenters. The van der Waals surface area contributed by atoms with Crippen molar-refractivity contribution in [1.82, 2.24) is 19.5 Å². The van der Waals surface area contributed by atoms with Crippen LogP contribution in [0.25, 0.3) is 4.96 Å². The molecule has 3 atom stereocenters. The number of piperidine rings is 1. The Morgan fingerprint density at radius 1 is 1.12 bits per heavy atom. The molecule has 5 nitrogen and oxygen atoms in total. The highest BCUT2D eigenvalue weighted by molar-refractivity contribution is 7.17. The topological polar surface area (TPSA) is 53.7 Å². The van der Waals surface area contributed by atoms with Gasteiger partial charge in [0.2, 0.25) is 10.8 Å². The Morgan fingerprint density at radius 2 is 1.77 bits per heavy atom. The van der Waals surface area contributed by atoms with Crippen LogP contribution < -0.4 is 0 Å². The lowest BCUT2D eigenvalue weighted by molar-refractivity contribution is 0.112. The highest BCUT2D eigenvalue weighted by Gasteiger charge is 2.33. The van der Waals surface area contributed by atoms with Crippen LogP contribution in [0.15, 0.2) is 24.3 Å². The van der Waals surface area contributed by atoms with Crippen LogP contribution in [0.2, 0.25) is 0 Å². The Balaban J connectivity index is 1.82. The third-order valence-electron chi connectivity index (χ3n) is 5.21. The number of hydrogen-bond donors (Lipinski definition) is 1. The summed E-state index contributed by atoms with van der Waals surface area (Å²) in [5.41, 5.74) is 2.46. The second-order valence-corrected chi connectivity index (χ2v) is 8.87. The van der Waals surface area contributed by atoms with E-state index in [0.29, 0.717) is 17.7 Å². The number of nitrogens with zero attached hydrogens (tertiary/aromatic N) is 4. The highest BCUT2D eigenvalue weighted by atomic mass is 32.1. The molecule has 0 radical (unpaired) electrons. The van der Waals surface area contributed by atoms with Crippen molar-refractivity contribution in [2.45, 2.75) is 40.2 Å². The van der Waals surface area contributed by atoms with Gasteiger partial charge in [0, 0.05) is 13.1 Å². The van der Waals surface area contributed by atoms with Gasteiger partial charge in [0.15, 0.2) is 0 Å². The van der Waals surface area contributed by atoms with Crippen molar-refractivity contribution in [3.05, 3.63) is 46.1 Å². The van der Waals surface area contributed by atoms with Gasteiger partial charge in [-0.25, -0.2) is 4.98 Å². The molecular weight excluding hydrogens is 344 g/mol. The Bertz CT molecular complexity index is 904. The van der Waals surface area contributed by atoms with Crippen LogP contribution in [0, 0.1) is 25.7 Å². The largest absolute Gasteiger partial charge is 0.492 e. The third-order valence-corrected chi connectivity index (χ3v) is 6.28. The minimum Gasteiger partial charge on any atom is -0.492 e. The first-order valence-electron chi connectivity index (χ1n) is 9.28. The van der Waals surface area contributed by atoms with Crippen molar-refractivity contribution >= 4 is 16.3 Å². The fourth-order valence-electron chi connectivity index (χ4n) is 4.22. The lowest BCUT2D eigenvalue weighted by Gasteiger charge is -2.40. The van der Waals surface area contributed by atoms with Crippen LogP contribution >= 0.6 is 11.3 Å². The maximum Gasteiger partial charge on any atom is 0.230 e. The van der Waals surface area contributed by atoms with Crippen LogP contribution in [-0.2, 0) is 0 Å². The third kappa shape index (κ3) is 3.12. The van der Waals surface area contributed by atoms with Gasteiger partial charge >= 0.3 is 0 Å². The molecule has 3 aromatic rings. The fourth-order valence-corrected chi connectivity index (χ4v) is 5.39. The molecule has 4 rings (SSSR count). The molecule has 0 saturated carbocycles. The molecule has 138 valence electrons. The highest BCUT2D eigenvalue weighted by Crippen LogP contribution is 2.41. The minimum atomic E-state index is 0.0367. The monoisotopic (exact) mass is 370 g/mol. The first-order valence-corrected chi connectivity index (χ1v) is 10.1. The second-order valence-electron chi connectivity index (χ2n) is 7.86. The molecule has 0 amide bonds. The average Bonchev–Trinajstić information content (AvgIpc) is 3.07. The molecule has 1 aliphatic rings. The Labute approximate surface area is 158 Å². The van der Waals surface area contributed by atoms with Gasteiger partial charge in [-0.3, -0.25) is 4.90 Å². The first-order chi connectivity index (χ1) is 12.4. The smallest absolute Gasteiger partial charge is 0.230 e. The maximum absolute atomic E-state index is 10.9. The molecule has 3 heterocycles. The molecule has 0 spiro atoms. The summed E-state index contributed by atoms with van der Waals surface area (Å²) in [5, 5.41) is 15.2. The van der Waals surface area contributed by atoms with Gasteiger partial charge in [-0.2, -0.15) is 4.52 Å². The van der Waals surface area contributed by atoms with Crippen LogP contribution in [-0.4, -0.2) is 37.7 Å². The number of hydrogen-bond acceptors (Lipinski definition) is 5. The van der Waals surface area contributed by atoms with E-state index >= 15 is 0 Å². The molecule has 0 aliphatic carbocycles. The minimum absolute atomic E-state index is 0.0367. The number of aromatic nitrogens is 3. The van der Waals surface area contributed by atoms with Crippen LogP contribution in [0.5, 0.6) is 5.88 Å². The van der Waals surface area contributed by atoms with Gasteiger partial charge in [0.05, 0.1) is 10.9 Å². The SMILES string of the molecule is Cc1ccc([C@@H](c2sc3nc(C)nn3c2O)N2C[C@H](C)C[C@H](C)C2)cc1. The van der Waals surface area contributed by atoms with E-state index in [0.717, 1.165) is 22.9 Å². The summed E-state index contributed by atoms with van der Waals surface area (Å²) in [5.74, 6) is 2.21. The fraction of sp³-hybridized carbons (Fsp3) is 0.500. The normalized spacial score (nSPS) is 22.8. The molecule has 1 fully saturated rings. The average molecular weight is 371 g/mol. The summed E-state index contributed by atoms with van der Waals surface area (Å²) in [6, 6.07) is 8.71. The van der Waals surface area contributed by atoms with Crippen LogP contribution in [0.4, 0.5) is 0 Å². The zero-order valence-corrected chi connectivity index (χ0v) is 16.6. The van der Waals surface area contributed by atoms with Gasteiger partial charge in [-0.05, 0) is 37.7 Å². The second kappa shape index (κ2) is 6.67. The van der Waals surface area contributed by atoms with Crippen molar-refractivity contribution < 1.29 is 5.11 Å². The van der Waals surface area contributed by atoms with E-state index in [1.165, 1.54) is 17.5 Å². The van der Waals surface area contributed by atoms with E-state index in [2.05, 4.69) is 60.0 Å². The maximum atomic E-state index is 10.9. The van der Waals surface area contributed by atoms with Crippen LogP contribution in [0.1, 0.15) is 48.1 Å². The lowest BCUT2D eigenvalue weighted by Crippen LogP contribution is -2.41. The number of fused-ring (bicyclic) bond motifs is 1. The van der Waals surface area contributed by atoms with Crippen molar-refractivity contribution in [3.63, 3.8) is 0 Å². The molecule has 6 heteroatoms. The standard InChI is InChI=1S/C20H26N4OS/c1-12-5-7-16(8-6-12)17(23-10-13(2)9-14(3)11-23)18-19(25)24-20(26-18)21-15(4)22-24/h5-8,13-14,17,25H,9-11H2,1-4H3/t13-,14+,17-/m0/s1. The summed E-state index contributed by atoms with van der Waals surface area (Å²) < 4.78 is 1.58. The quantitative estimate of drug-likeness (QED) is 0.751. The summed E-state index contributed by atoms with van der Waals surface area (Å²) >= 11 is 1.55. The van der Waals surface area contributed by atoms with Gasteiger partial charge in [-0.1, -0.05) is 55.0 Å². The van der Waals surface area contributed by atoms with Crippen LogP contribution in [0.3, 0.4) is 0 Å². The Morgan fingerprint density at radius 3 is 2.38 bits per heavy atom. The lowest BCUT2D eigenvalue weighted by atomic mass is 9.89. The zero-order valence-electron chi connectivity index (χ0n) is 15.8. The summed E-state index contributed by atoms with van der Waals surface area (Å²) in [7, 11) is 0. The van der Waals surface area contributed by atoms with Crippen molar-refractivity contribution in [1.29, 1.82) is 0 Å². The van der Waals surface area contributed by atoms with Crippen molar-refractivity contribution in [2.24, 2.45) is 11.8 Å². The number of benzene rings is 1. The molecule has 1 saturated heterocycles. The van der Waals surface area contributed by atoms with E-state index in [1.54, 1.807) is 15.9 Å². The van der Waals surface area contributed by atoms with E-state index in [9.17, 15) is 5.11 Å². The van der Waals surface area contributed by atoms with E-state index in [-0.39, 0.29) is 11.9 Å². The molecule has 2 aromatic heterocycles. The predicted octanol–water partition coefficient (Wildman–Crippen LogP) is 4.18. The zero-order chi connectivity index (χ0) is 18.4. The van der Waals surface area contributed by atoms with E-state index in [4.69, 9.17) is 0 Å². The molecular formula is C20H26N4OS. The Kier molecular flexibility index (Phi) is 4.49. The first kappa shape index (κ1) is 17.5. The Hall–Kier alpha value is -1.92. The summed E-state index contributed by atoms with van der Waals surface area (Å²) in [6.07, 6.45) is 1.26. The van der Waals surface area contributed by atoms with Gasteiger partial charge in [-0.15, -0.1) is 5.10 Å². The predicted molar refractivity (Wildman–Crippen MR) is 105 cm³/mol. The van der Waals surface area contributed by atoms with Crippen molar-refractivity contribution in [3.8, 4) is 5.88 Å². The number of thiazole rings is 1. The molecule has 1 aliphatic heterocycles. The molecule has 1 N–H and O–H groups in total. The number of likely N-dealkylation sites (tertiary alicyclic amines) is 1. The summed E-state index contributed by atoms with van der Waals surface area (Å²) in [6.45, 7) is 10.7. The van der Waals surface area contributed by atoms with E-state index < -0.39 is 0 Å². The molecule has 0 bridgehead atoms. The number of aromatic hydroxyl groups is 1. The number of rotatable bonds is 3. The van der Waals surface area contributed by atoms with Gasteiger partial charge in [0.1, 0.15) is 5.82 Å².